The molecule has 0 rings (SSSR count). The summed E-state index contributed by atoms with van der Waals surface area (Å²) in [5.74, 6) is 0. The van der Waals surface area contributed by atoms with E-state index in [1.165, 1.54) is 19.3 Å². The zero-order valence-corrected chi connectivity index (χ0v) is 16.0. The molecule has 0 aliphatic heterocycles. The van der Waals surface area contributed by atoms with Crippen molar-refractivity contribution in [1.82, 2.24) is 0 Å². The summed E-state index contributed by atoms with van der Waals surface area (Å²) in [4.78, 5) is 0. The van der Waals surface area contributed by atoms with Crippen LogP contribution in [0.25, 0.3) is 0 Å². The summed E-state index contributed by atoms with van der Waals surface area (Å²) in [5, 5.41) is 0.497. The van der Waals surface area contributed by atoms with Gasteiger partial charge in [-0.1, -0.05) is 32.6 Å². The first-order valence-electron chi connectivity index (χ1n) is 7.14. The second-order valence-electron chi connectivity index (χ2n) is 5.04. The Balaban J connectivity index is 4.71. The zero-order chi connectivity index (χ0) is 15.6. The van der Waals surface area contributed by atoms with Crippen LogP contribution in [-0.2, 0) is 18.9 Å². The number of unbranched alkanes of at least 4 members (excludes halogenated alkanes) is 2. The smallest absolute Gasteiger partial charge is 0.143 e. The van der Waals surface area contributed by atoms with Crippen LogP contribution in [0.2, 0.25) is 5.16 Å². The standard InChI is InChI=1S/C14H30O4Si2/c1-8-9-10-11-12(19-13(2,15-4)16-5)20-14(3,17-6)18-7/h12H,8-11H2,1-7H3. The Kier molecular flexibility index (Phi) is 10.2. The average Bonchev–Trinajstić information content (AvgIpc) is 2.47. The highest BCUT2D eigenvalue weighted by Gasteiger charge is 2.35. The molecule has 0 unspecified atom stereocenters. The van der Waals surface area contributed by atoms with Gasteiger partial charge in [0.1, 0.15) is 29.9 Å². The number of hydrogen-bond acceptors (Lipinski definition) is 4. The van der Waals surface area contributed by atoms with E-state index in [4.69, 9.17) is 18.9 Å². The van der Waals surface area contributed by atoms with Gasteiger partial charge in [0.25, 0.3) is 0 Å². The lowest BCUT2D eigenvalue weighted by Gasteiger charge is -2.34. The average molecular weight is 319 g/mol. The molecule has 0 spiro atoms. The Morgan fingerprint density at radius 2 is 1.20 bits per heavy atom. The van der Waals surface area contributed by atoms with Crippen LogP contribution < -0.4 is 0 Å². The van der Waals surface area contributed by atoms with Gasteiger partial charge in [-0.15, -0.1) is 0 Å². The number of ether oxygens (including phenoxy) is 4. The van der Waals surface area contributed by atoms with Crippen molar-refractivity contribution >= 4 is 19.0 Å². The Morgan fingerprint density at radius 1 is 0.800 bits per heavy atom. The maximum Gasteiger partial charge on any atom is 0.143 e. The molecule has 0 aliphatic rings. The number of hydrogen-bond donors (Lipinski definition) is 0. The highest BCUT2D eigenvalue weighted by molar-refractivity contribution is 6.61. The van der Waals surface area contributed by atoms with Gasteiger partial charge < -0.3 is 18.9 Å². The van der Waals surface area contributed by atoms with Crippen molar-refractivity contribution < 1.29 is 18.9 Å². The third-order valence-electron chi connectivity index (χ3n) is 3.53. The van der Waals surface area contributed by atoms with Gasteiger partial charge in [-0.05, 0) is 19.0 Å². The largest absolute Gasteiger partial charge is 0.358 e. The van der Waals surface area contributed by atoms with E-state index in [1.807, 2.05) is 13.8 Å². The Labute approximate surface area is 129 Å². The van der Waals surface area contributed by atoms with E-state index in [0.717, 1.165) is 6.42 Å². The molecule has 0 aliphatic carbocycles. The molecule has 0 aromatic rings. The maximum absolute atomic E-state index is 5.52. The number of methoxy groups -OCH3 is 4. The fourth-order valence-corrected chi connectivity index (χ4v) is 6.11. The fraction of sp³-hybridized carbons (Fsp3) is 1.00. The summed E-state index contributed by atoms with van der Waals surface area (Å²) in [6.07, 6.45) is 4.89. The molecule has 4 radical (unpaired) electrons. The van der Waals surface area contributed by atoms with E-state index in [0.29, 0.717) is 24.2 Å². The third-order valence-corrected chi connectivity index (χ3v) is 7.53. The summed E-state index contributed by atoms with van der Waals surface area (Å²) in [6.45, 7) is 6.22. The quantitative estimate of drug-likeness (QED) is 0.315. The molecule has 0 N–H and O–H groups in total. The molecule has 118 valence electrons. The zero-order valence-electron chi connectivity index (χ0n) is 14.0. The van der Waals surface area contributed by atoms with Crippen LogP contribution in [0.5, 0.6) is 0 Å². The molecule has 0 atom stereocenters. The van der Waals surface area contributed by atoms with Crippen molar-refractivity contribution in [2.75, 3.05) is 28.4 Å². The second-order valence-corrected chi connectivity index (χ2v) is 9.41. The van der Waals surface area contributed by atoms with Crippen LogP contribution in [0.1, 0.15) is 46.5 Å². The van der Waals surface area contributed by atoms with Crippen LogP contribution in [0.4, 0.5) is 0 Å². The first-order chi connectivity index (χ1) is 9.38. The van der Waals surface area contributed by atoms with E-state index in [9.17, 15) is 0 Å². The van der Waals surface area contributed by atoms with Gasteiger partial charge in [-0.2, -0.15) is 0 Å². The molecule has 0 fully saturated rings. The van der Waals surface area contributed by atoms with Crippen molar-refractivity contribution in [3.05, 3.63) is 0 Å². The van der Waals surface area contributed by atoms with Crippen molar-refractivity contribution in [3.63, 3.8) is 0 Å². The molecular weight excluding hydrogens is 288 g/mol. The second kappa shape index (κ2) is 10.1. The summed E-state index contributed by atoms with van der Waals surface area (Å²) in [7, 11) is 7.94. The van der Waals surface area contributed by atoms with Gasteiger partial charge in [-0.3, -0.25) is 0 Å². The Hall–Kier alpha value is 0.274. The van der Waals surface area contributed by atoms with Crippen molar-refractivity contribution in [2.24, 2.45) is 0 Å². The van der Waals surface area contributed by atoms with Gasteiger partial charge in [0.05, 0.1) is 0 Å². The highest BCUT2D eigenvalue weighted by Crippen LogP contribution is 2.25. The third kappa shape index (κ3) is 7.33. The van der Waals surface area contributed by atoms with E-state index >= 15 is 0 Å². The molecular formula is C14H30O4Si2. The fourth-order valence-electron chi connectivity index (χ4n) is 1.81. The van der Waals surface area contributed by atoms with Crippen LogP contribution in [-0.4, -0.2) is 58.3 Å². The van der Waals surface area contributed by atoms with Crippen LogP contribution in [0.3, 0.4) is 0 Å². The minimum atomic E-state index is -0.508. The lowest BCUT2D eigenvalue weighted by atomic mass is 10.2. The summed E-state index contributed by atoms with van der Waals surface area (Å²) < 4.78 is 22.1. The minimum absolute atomic E-state index is 0.497. The molecule has 0 heterocycles. The molecule has 20 heavy (non-hydrogen) atoms. The molecule has 0 saturated carbocycles. The SMILES string of the molecule is CCCCCC([Si]C(C)(OC)OC)[Si]C(C)(OC)OC. The van der Waals surface area contributed by atoms with Gasteiger partial charge in [0.15, 0.2) is 0 Å². The predicted molar refractivity (Wildman–Crippen MR) is 84.2 cm³/mol. The van der Waals surface area contributed by atoms with E-state index in [1.54, 1.807) is 28.4 Å². The predicted octanol–water partition coefficient (Wildman–Crippen LogP) is 2.65. The molecule has 0 aromatic carbocycles. The first kappa shape index (κ1) is 20.3. The maximum atomic E-state index is 5.52. The lowest BCUT2D eigenvalue weighted by Crippen LogP contribution is -2.46. The van der Waals surface area contributed by atoms with E-state index in [2.05, 4.69) is 6.92 Å². The van der Waals surface area contributed by atoms with Crippen LogP contribution in [0.15, 0.2) is 0 Å². The van der Waals surface area contributed by atoms with Crippen molar-refractivity contribution in [1.29, 1.82) is 0 Å². The van der Waals surface area contributed by atoms with E-state index in [-0.39, 0.29) is 0 Å². The van der Waals surface area contributed by atoms with Gasteiger partial charge >= 0.3 is 0 Å². The summed E-state index contributed by atoms with van der Waals surface area (Å²) >= 11 is 0. The normalized spacial score (nSPS) is 13.2. The first-order valence-corrected chi connectivity index (χ1v) is 9.30. The topological polar surface area (TPSA) is 36.9 Å². The van der Waals surface area contributed by atoms with Gasteiger partial charge in [0, 0.05) is 28.4 Å². The minimum Gasteiger partial charge on any atom is -0.358 e. The molecule has 0 amide bonds. The highest BCUT2D eigenvalue weighted by atomic mass is 28.3. The summed E-state index contributed by atoms with van der Waals surface area (Å²) in [5.41, 5.74) is -1.02. The van der Waals surface area contributed by atoms with E-state index < -0.39 is 10.8 Å². The molecule has 0 aromatic heterocycles. The monoisotopic (exact) mass is 318 g/mol. The summed E-state index contributed by atoms with van der Waals surface area (Å²) in [6, 6.07) is 0. The molecule has 0 bridgehead atoms. The van der Waals surface area contributed by atoms with Crippen LogP contribution >= 0.6 is 0 Å². The molecule has 6 heteroatoms. The lowest BCUT2D eigenvalue weighted by molar-refractivity contribution is -0.134. The van der Waals surface area contributed by atoms with Gasteiger partial charge in [0.2, 0.25) is 0 Å². The van der Waals surface area contributed by atoms with Crippen molar-refractivity contribution in [2.45, 2.75) is 62.4 Å². The molecule has 0 saturated heterocycles. The Morgan fingerprint density at radius 3 is 1.50 bits per heavy atom. The van der Waals surface area contributed by atoms with Crippen LogP contribution in [0, 0.1) is 0 Å². The number of rotatable bonds is 12. The van der Waals surface area contributed by atoms with Crippen molar-refractivity contribution in [3.8, 4) is 0 Å². The van der Waals surface area contributed by atoms with Gasteiger partial charge in [-0.25, -0.2) is 0 Å². The molecule has 4 nitrogen and oxygen atoms in total. The Bertz CT molecular complexity index is 223.